The predicted octanol–water partition coefficient (Wildman–Crippen LogP) is 3.69. The Morgan fingerprint density at radius 1 is 1.10 bits per heavy atom. The Hall–Kier alpha value is -4.95. The summed E-state index contributed by atoms with van der Waals surface area (Å²) in [7, 11) is 0. The fraction of sp³-hybridized carbons (Fsp3) is 0.300. The molecule has 11 heteroatoms. The van der Waals surface area contributed by atoms with Crippen molar-refractivity contribution in [2.75, 3.05) is 5.73 Å². The van der Waals surface area contributed by atoms with E-state index in [-0.39, 0.29) is 24.0 Å². The van der Waals surface area contributed by atoms with Gasteiger partial charge < -0.3 is 21.1 Å². The first kappa shape index (κ1) is 29.0. The van der Waals surface area contributed by atoms with Gasteiger partial charge in [0.25, 0.3) is 5.91 Å². The molecule has 11 nitrogen and oxygen atoms in total. The summed E-state index contributed by atoms with van der Waals surface area (Å²) in [5.41, 5.74) is 6.44. The number of benzene rings is 2. The minimum Gasteiger partial charge on any atom is -0.457 e. The highest BCUT2D eigenvalue weighted by Gasteiger charge is 2.23. The Balaban J connectivity index is 1.61. The lowest BCUT2D eigenvalue weighted by Gasteiger charge is -2.26. The molecule has 4 N–H and O–H groups in total. The standard InChI is InChI=1S/C30H34N8O3/c1-19(2)36-30(4,5)15-21(16-31)28(39)35-20(3)17-37-27-25(26(32)33-18-34-27)38(29(37)40)22-11-13-24(14-12-22)41-23-9-7-6-8-10-23/h6-15,18-20,36H,17H2,1-5H3,(H,35,39)(H2,32,33,34). The molecule has 1 amide bonds. The zero-order valence-corrected chi connectivity index (χ0v) is 23.8. The van der Waals surface area contributed by atoms with Crippen LogP contribution >= 0.6 is 0 Å². The number of nitriles is 1. The van der Waals surface area contributed by atoms with Crippen LogP contribution in [0.25, 0.3) is 16.9 Å². The highest BCUT2D eigenvalue weighted by Crippen LogP contribution is 2.25. The van der Waals surface area contributed by atoms with Crippen molar-refractivity contribution >= 4 is 22.9 Å². The second kappa shape index (κ2) is 12.1. The van der Waals surface area contributed by atoms with Crippen LogP contribution in [-0.4, -0.2) is 42.6 Å². The minimum absolute atomic E-state index is 0.0193. The first-order chi connectivity index (χ1) is 19.5. The molecule has 0 radical (unpaired) electrons. The van der Waals surface area contributed by atoms with Gasteiger partial charge in [0.05, 0.1) is 5.69 Å². The summed E-state index contributed by atoms with van der Waals surface area (Å²) < 4.78 is 8.74. The molecule has 0 fully saturated rings. The van der Waals surface area contributed by atoms with Gasteiger partial charge in [-0.05, 0) is 63.2 Å². The zero-order valence-electron chi connectivity index (χ0n) is 23.8. The van der Waals surface area contributed by atoms with Crippen molar-refractivity contribution < 1.29 is 9.53 Å². The van der Waals surface area contributed by atoms with Crippen molar-refractivity contribution in [1.82, 2.24) is 29.7 Å². The van der Waals surface area contributed by atoms with E-state index in [1.54, 1.807) is 37.3 Å². The molecule has 0 aliphatic rings. The van der Waals surface area contributed by atoms with E-state index in [1.807, 2.05) is 64.1 Å². The molecule has 4 rings (SSSR count). The summed E-state index contributed by atoms with van der Waals surface area (Å²) in [5.74, 6) is 0.905. The van der Waals surface area contributed by atoms with Crippen molar-refractivity contribution in [1.29, 1.82) is 5.26 Å². The van der Waals surface area contributed by atoms with E-state index in [0.29, 0.717) is 28.4 Å². The van der Waals surface area contributed by atoms with Crippen LogP contribution in [0.4, 0.5) is 5.82 Å². The van der Waals surface area contributed by atoms with Crippen LogP contribution < -0.4 is 26.8 Å². The van der Waals surface area contributed by atoms with Crippen LogP contribution in [0, 0.1) is 11.3 Å². The highest BCUT2D eigenvalue weighted by atomic mass is 16.5. The molecule has 0 bridgehead atoms. The van der Waals surface area contributed by atoms with E-state index in [0.717, 1.165) is 0 Å². The van der Waals surface area contributed by atoms with Gasteiger partial charge in [-0.1, -0.05) is 32.0 Å². The number of rotatable bonds is 10. The number of nitrogen functional groups attached to an aromatic ring is 1. The monoisotopic (exact) mass is 554 g/mol. The van der Waals surface area contributed by atoms with Crippen molar-refractivity contribution in [2.45, 2.75) is 58.8 Å². The lowest BCUT2D eigenvalue weighted by atomic mass is 10.00. The molecule has 2 aromatic heterocycles. The zero-order chi connectivity index (χ0) is 29.7. The molecule has 0 saturated heterocycles. The smallest absolute Gasteiger partial charge is 0.335 e. The lowest BCUT2D eigenvalue weighted by molar-refractivity contribution is -0.117. The van der Waals surface area contributed by atoms with E-state index in [4.69, 9.17) is 10.5 Å². The Labute approximate surface area is 238 Å². The molecule has 41 heavy (non-hydrogen) atoms. The lowest BCUT2D eigenvalue weighted by Crippen LogP contribution is -2.43. The van der Waals surface area contributed by atoms with E-state index in [1.165, 1.54) is 15.5 Å². The second-order valence-corrected chi connectivity index (χ2v) is 10.6. The molecule has 2 heterocycles. The number of carbonyl (C=O) groups excluding carboxylic acids is 1. The summed E-state index contributed by atoms with van der Waals surface area (Å²) in [6, 6.07) is 18.0. The number of para-hydroxylation sites is 1. The van der Waals surface area contributed by atoms with Crippen molar-refractivity contribution in [2.24, 2.45) is 0 Å². The van der Waals surface area contributed by atoms with Gasteiger partial charge >= 0.3 is 5.69 Å². The third-order valence-electron chi connectivity index (χ3n) is 6.17. The summed E-state index contributed by atoms with van der Waals surface area (Å²) in [6.07, 6.45) is 2.89. The molecule has 0 aliphatic carbocycles. The van der Waals surface area contributed by atoms with Gasteiger partial charge in [-0.2, -0.15) is 5.26 Å². The van der Waals surface area contributed by atoms with Crippen molar-refractivity contribution in [3.8, 4) is 23.3 Å². The summed E-state index contributed by atoms with van der Waals surface area (Å²) >= 11 is 0. The predicted molar refractivity (Wildman–Crippen MR) is 158 cm³/mol. The first-order valence-electron chi connectivity index (χ1n) is 13.3. The van der Waals surface area contributed by atoms with Crippen LogP contribution in [0.1, 0.15) is 34.6 Å². The molecule has 1 unspecified atom stereocenters. The van der Waals surface area contributed by atoms with E-state index >= 15 is 0 Å². The molecule has 0 saturated carbocycles. The molecule has 212 valence electrons. The molecule has 2 aromatic carbocycles. The molecule has 1 atom stereocenters. The maximum absolute atomic E-state index is 13.7. The number of nitrogens with zero attached hydrogens (tertiary/aromatic N) is 5. The Morgan fingerprint density at radius 3 is 2.39 bits per heavy atom. The summed E-state index contributed by atoms with van der Waals surface area (Å²) in [4.78, 5) is 35.1. The third-order valence-corrected chi connectivity index (χ3v) is 6.17. The molecule has 0 spiro atoms. The molecule has 4 aromatic rings. The van der Waals surface area contributed by atoms with Gasteiger partial charge in [0.1, 0.15) is 35.0 Å². The molecule has 0 aliphatic heterocycles. The fourth-order valence-corrected chi connectivity index (χ4v) is 4.71. The van der Waals surface area contributed by atoms with Crippen LogP contribution in [-0.2, 0) is 11.3 Å². The largest absolute Gasteiger partial charge is 0.457 e. The molecular weight excluding hydrogens is 520 g/mol. The number of fused-ring (bicyclic) bond motifs is 1. The number of aromatic nitrogens is 4. The van der Waals surface area contributed by atoms with Crippen molar-refractivity contribution in [3.63, 3.8) is 0 Å². The summed E-state index contributed by atoms with van der Waals surface area (Å²) in [5, 5.41) is 15.8. The number of hydrogen-bond donors (Lipinski definition) is 3. The Kier molecular flexibility index (Phi) is 8.54. The van der Waals surface area contributed by atoms with Crippen LogP contribution in [0.5, 0.6) is 11.5 Å². The van der Waals surface area contributed by atoms with Gasteiger partial charge in [-0.3, -0.25) is 13.9 Å². The highest BCUT2D eigenvalue weighted by molar-refractivity contribution is 5.97. The van der Waals surface area contributed by atoms with Crippen molar-refractivity contribution in [3.05, 3.63) is 83.1 Å². The van der Waals surface area contributed by atoms with E-state index in [2.05, 4.69) is 20.6 Å². The third kappa shape index (κ3) is 6.80. The van der Waals surface area contributed by atoms with Crippen LogP contribution in [0.15, 0.2) is 77.4 Å². The van der Waals surface area contributed by atoms with Gasteiger partial charge in [-0.25, -0.2) is 14.8 Å². The number of hydrogen-bond acceptors (Lipinski definition) is 8. The number of amides is 1. The number of ether oxygens (including phenoxy) is 1. The SMILES string of the molecule is CC(C)NC(C)(C)C=C(C#N)C(=O)NC(C)Cn1c(=O)n(-c2ccc(Oc3ccccc3)cc2)c2c(N)ncnc21. The molecular formula is C30H34N8O3. The van der Waals surface area contributed by atoms with Crippen LogP contribution in [0.2, 0.25) is 0 Å². The van der Waals surface area contributed by atoms with E-state index < -0.39 is 23.2 Å². The summed E-state index contributed by atoms with van der Waals surface area (Å²) in [6.45, 7) is 9.59. The quantitative estimate of drug-likeness (QED) is 0.198. The number of anilines is 1. The second-order valence-electron chi connectivity index (χ2n) is 10.6. The van der Waals surface area contributed by atoms with E-state index in [9.17, 15) is 14.9 Å². The van der Waals surface area contributed by atoms with Gasteiger partial charge in [0.15, 0.2) is 11.5 Å². The fourth-order valence-electron chi connectivity index (χ4n) is 4.71. The topological polar surface area (TPSA) is 153 Å². The normalized spacial score (nSPS) is 12.8. The maximum atomic E-state index is 13.7. The number of nitrogens with two attached hydrogens (primary N) is 1. The average Bonchev–Trinajstić information content (AvgIpc) is 3.19. The Bertz CT molecular complexity index is 1660. The van der Waals surface area contributed by atoms with Gasteiger partial charge in [0, 0.05) is 24.2 Å². The number of imidazole rings is 1. The van der Waals surface area contributed by atoms with Crippen LogP contribution in [0.3, 0.4) is 0 Å². The van der Waals surface area contributed by atoms with Gasteiger partial charge in [-0.15, -0.1) is 0 Å². The number of carbonyl (C=O) groups is 1. The number of nitrogens with one attached hydrogen (secondary N) is 2. The maximum Gasteiger partial charge on any atom is 0.335 e. The van der Waals surface area contributed by atoms with Gasteiger partial charge in [0.2, 0.25) is 0 Å². The minimum atomic E-state index is -0.569. The average molecular weight is 555 g/mol. The first-order valence-corrected chi connectivity index (χ1v) is 13.3. The Morgan fingerprint density at radius 2 is 1.76 bits per heavy atom.